The smallest absolute Gasteiger partial charge is 0.191 e. The summed E-state index contributed by atoms with van der Waals surface area (Å²) in [6.07, 6.45) is 5.80. The van der Waals surface area contributed by atoms with E-state index in [4.69, 9.17) is 0 Å². The minimum Gasteiger partial charge on any atom is -0.356 e. The van der Waals surface area contributed by atoms with Crippen LogP contribution >= 0.6 is 11.8 Å². The molecule has 0 saturated carbocycles. The number of hydrogen-bond donors (Lipinski definition) is 2. The van der Waals surface area contributed by atoms with Crippen molar-refractivity contribution in [2.45, 2.75) is 31.6 Å². The fourth-order valence-corrected chi connectivity index (χ4v) is 3.78. The molecule has 1 saturated heterocycles. The van der Waals surface area contributed by atoms with E-state index >= 15 is 0 Å². The highest BCUT2D eigenvalue weighted by Crippen LogP contribution is 2.19. The van der Waals surface area contributed by atoms with Gasteiger partial charge in [-0.3, -0.25) is 4.99 Å². The molecule has 0 aromatic heterocycles. The highest BCUT2D eigenvalue weighted by molar-refractivity contribution is 7.97. The van der Waals surface area contributed by atoms with E-state index in [1.54, 1.807) is 24.9 Å². The van der Waals surface area contributed by atoms with Crippen LogP contribution in [0.4, 0.5) is 4.39 Å². The molecule has 0 unspecified atom stereocenters. The fraction of sp³-hybridized carbons (Fsp3) is 0.632. The van der Waals surface area contributed by atoms with E-state index in [1.807, 2.05) is 12.3 Å². The molecule has 1 aromatic rings. The van der Waals surface area contributed by atoms with Crippen LogP contribution in [-0.2, 0) is 12.3 Å². The number of likely N-dealkylation sites (tertiary alicyclic amines) is 1. The second kappa shape index (κ2) is 10.7. The van der Waals surface area contributed by atoms with Gasteiger partial charge < -0.3 is 15.5 Å². The Kier molecular flexibility index (Phi) is 8.55. The second-order valence-electron chi connectivity index (χ2n) is 6.73. The second-order valence-corrected chi connectivity index (χ2v) is 7.60. The molecular formula is C19H31FN4S. The SMILES string of the molecule is CN=C(NCCC1CCN(C)CC1)NCc1ccc(F)cc1CSC. The number of halogens is 1. The zero-order valence-corrected chi connectivity index (χ0v) is 16.5. The number of piperidine rings is 1. The van der Waals surface area contributed by atoms with Gasteiger partial charge >= 0.3 is 0 Å². The van der Waals surface area contributed by atoms with Crippen molar-refractivity contribution in [1.82, 2.24) is 15.5 Å². The Bertz CT molecular complexity index is 556. The van der Waals surface area contributed by atoms with Crippen LogP contribution < -0.4 is 10.6 Å². The summed E-state index contributed by atoms with van der Waals surface area (Å²) in [6, 6.07) is 5.01. The van der Waals surface area contributed by atoms with Crippen molar-refractivity contribution in [3.8, 4) is 0 Å². The molecule has 6 heteroatoms. The highest BCUT2D eigenvalue weighted by atomic mass is 32.2. The molecule has 0 aliphatic carbocycles. The number of hydrogen-bond acceptors (Lipinski definition) is 3. The first-order chi connectivity index (χ1) is 12.1. The predicted molar refractivity (Wildman–Crippen MR) is 107 cm³/mol. The summed E-state index contributed by atoms with van der Waals surface area (Å²) < 4.78 is 13.4. The Hall–Kier alpha value is -1.27. The van der Waals surface area contributed by atoms with Crippen molar-refractivity contribution in [2.75, 3.05) is 40.0 Å². The summed E-state index contributed by atoms with van der Waals surface area (Å²) >= 11 is 1.70. The Balaban J connectivity index is 1.77. The van der Waals surface area contributed by atoms with Gasteiger partial charge in [-0.25, -0.2) is 4.39 Å². The van der Waals surface area contributed by atoms with Crippen LogP contribution in [0.3, 0.4) is 0 Å². The molecule has 0 spiro atoms. The van der Waals surface area contributed by atoms with E-state index in [1.165, 1.54) is 38.4 Å². The van der Waals surface area contributed by atoms with Gasteiger partial charge in [0.25, 0.3) is 0 Å². The van der Waals surface area contributed by atoms with Gasteiger partial charge in [-0.05, 0) is 74.8 Å². The summed E-state index contributed by atoms with van der Waals surface area (Å²) in [5.41, 5.74) is 2.16. The number of nitrogens with zero attached hydrogens (tertiary/aromatic N) is 2. The number of aliphatic imine (C=N–C) groups is 1. The van der Waals surface area contributed by atoms with Gasteiger partial charge in [0.15, 0.2) is 5.96 Å². The van der Waals surface area contributed by atoms with Crippen LogP contribution in [-0.4, -0.2) is 50.8 Å². The van der Waals surface area contributed by atoms with Gasteiger partial charge in [0.05, 0.1) is 0 Å². The summed E-state index contributed by atoms with van der Waals surface area (Å²) in [7, 11) is 3.99. The molecule has 0 radical (unpaired) electrons. The summed E-state index contributed by atoms with van der Waals surface area (Å²) in [6.45, 7) is 4.01. The minimum atomic E-state index is -0.173. The average molecular weight is 367 g/mol. The summed E-state index contributed by atoms with van der Waals surface area (Å²) in [5, 5.41) is 6.75. The first-order valence-electron chi connectivity index (χ1n) is 9.01. The van der Waals surface area contributed by atoms with Crippen LogP contribution in [0.15, 0.2) is 23.2 Å². The quantitative estimate of drug-likeness (QED) is 0.575. The van der Waals surface area contributed by atoms with Gasteiger partial charge in [0.2, 0.25) is 0 Å². The Morgan fingerprint density at radius 1 is 1.28 bits per heavy atom. The van der Waals surface area contributed by atoms with Crippen LogP contribution in [0.2, 0.25) is 0 Å². The van der Waals surface area contributed by atoms with Crippen molar-refractivity contribution in [3.63, 3.8) is 0 Å². The van der Waals surface area contributed by atoms with Gasteiger partial charge in [-0.15, -0.1) is 0 Å². The molecule has 1 heterocycles. The van der Waals surface area contributed by atoms with Crippen LogP contribution in [0.1, 0.15) is 30.4 Å². The van der Waals surface area contributed by atoms with Gasteiger partial charge in [0, 0.05) is 25.9 Å². The molecule has 4 nitrogen and oxygen atoms in total. The predicted octanol–water partition coefficient (Wildman–Crippen LogP) is 3.09. The zero-order chi connectivity index (χ0) is 18.1. The Morgan fingerprint density at radius 2 is 2.04 bits per heavy atom. The molecule has 1 fully saturated rings. The van der Waals surface area contributed by atoms with Crippen molar-refractivity contribution in [3.05, 3.63) is 35.1 Å². The maximum absolute atomic E-state index is 13.4. The number of rotatable bonds is 7. The van der Waals surface area contributed by atoms with Gasteiger partial charge in [-0.1, -0.05) is 6.07 Å². The van der Waals surface area contributed by atoms with Crippen molar-refractivity contribution in [2.24, 2.45) is 10.9 Å². The van der Waals surface area contributed by atoms with Gasteiger partial charge in [-0.2, -0.15) is 11.8 Å². The third kappa shape index (κ3) is 6.86. The summed E-state index contributed by atoms with van der Waals surface area (Å²) in [4.78, 5) is 6.70. The molecule has 25 heavy (non-hydrogen) atoms. The van der Waals surface area contributed by atoms with E-state index in [9.17, 15) is 4.39 Å². The van der Waals surface area contributed by atoms with Gasteiger partial charge in [0.1, 0.15) is 5.82 Å². The van der Waals surface area contributed by atoms with E-state index in [0.717, 1.165) is 35.3 Å². The van der Waals surface area contributed by atoms with Crippen LogP contribution in [0.5, 0.6) is 0 Å². The first-order valence-corrected chi connectivity index (χ1v) is 10.4. The zero-order valence-electron chi connectivity index (χ0n) is 15.6. The van der Waals surface area contributed by atoms with Crippen molar-refractivity contribution < 1.29 is 4.39 Å². The maximum atomic E-state index is 13.4. The monoisotopic (exact) mass is 366 g/mol. The van der Waals surface area contributed by atoms with Crippen LogP contribution in [0, 0.1) is 11.7 Å². The summed E-state index contributed by atoms with van der Waals surface area (Å²) in [5.74, 6) is 2.27. The van der Waals surface area contributed by atoms with Crippen molar-refractivity contribution >= 4 is 17.7 Å². The molecule has 140 valence electrons. The molecule has 0 bridgehead atoms. The molecule has 1 aliphatic heterocycles. The highest BCUT2D eigenvalue weighted by Gasteiger charge is 2.16. The average Bonchev–Trinajstić information content (AvgIpc) is 2.61. The molecule has 1 aromatic carbocycles. The lowest BCUT2D eigenvalue weighted by molar-refractivity contribution is 0.213. The van der Waals surface area contributed by atoms with Crippen LogP contribution in [0.25, 0.3) is 0 Å². The lowest BCUT2D eigenvalue weighted by Gasteiger charge is -2.29. The number of benzene rings is 1. The standard InChI is InChI=1S/C19H31FN4S/c1-21-19(22-9-6-15-7-10-24(2)11-8-15)23-13-16-4-5-18(20)12-17(16)14-25-3/h4-5,12,15H,6-11,13-14H2,1-3H3,(H2,21,22,23). The van der Waals surface area contributed by atoms with E-state index in [0.29, 0.717) is 6.54 Å². The Morgan fingerprint density at radius 3 is 2.72 bits per heavy atom. The topological polar surface area (TPSA) is 39.7 Å². The normalized spacial score (nSPS) is 16.9. The maximum Gasteiger partial charge on any atom is 0.191 e. The molecule has 2 rings (SSSR count). The van der Waals surface area contributed by atoms with Crippen molar-refractivity contribution in [1.29, 1.82) is 0 Å². The first kappa shape index (κ1) is 20.0. The van der Waals surface area contributed by atoms with E-state index < -0.39 is 0 Å². The van der Waals surface area contributed by atoms with E-state index in [2.05, 4.69) is 27.6 Å². The molecule has 2 N–H and O–H groups in total. The largest absolute Gasteiger partial charge is 0.356 e. The number of nitrogens with one attached hydrogen (secondary N) is 2. The third-order valence-electron chi connectivity index (χ3n) is 4.82. The molecular weight excluding hydrogens is 335 g/mol. The van der Waals surface area contributed by atoms with E-state index in [-0.39, 0.29) is 5.82 Å². The minimum absolute atomic E-state index is 0.173. The molecule has 1 aliphatic rings. The molecule has 0 atom stereocenters. The lowest BCUT2D eigenvalue weighted by atomic mass is 9.94. The molecule has 0 amide bonds. The fourth-order valence-electron chi connectivity index (χ4n) is 3.20. The number of guanidine groups is 1. The number of thioether (sulfide) groups is 1. The third-order valence-corrected chi connectivity index (χ3v) is 5.42. The Labute approximate surface area is 155 Å². The lowest BCUT2D eigenvalue weighted by Crippen LogP contribution is -2.38.